The second kappa shape index (κ2) is 4.21. The first-order valence-electron chi connectivity index (χ1n) is 6.23. The molecule has 1 saturated carbocycles. The monoisotopic (exact) mass is 221 g/mol. The van der Waals surface area contributed by atoms with Crippen molar-refractivity contribution in [1.29, 1.82) is 0 Å². The third-order valence-electron chi connectivity index (χ3n) is 3.93. The van der Waals surface area contributed by atoms with Gasteiger partial charge in [-0.25, -0.2) is 0 Å². The lowest BCUT2D eigenvalue weighted by Crippen LogP contribution is -2.39. The van der Waals surface area contributed by atoms with E-state index < -0.39 is 0 Å². The SMILES string of the molecule is CC(NC1CCCC1(C)C)c1cnn(C)c1. The zero-order chi connectivity index (χ0) is 11.8. The van der Waals surface area contributed by atoms with Gasteiger partial charge in [-0.2, -0.15) is 5.10 Å². The maximum atomic E-state index is 4.23. The van der Waals surface area contributed by atoms with E-state index >= 15 is 0 Å². The van der Waals surface area contributed by atoms with Crippen molar-refractivity contribution in [3.63, 3.8) is 0 Å². The Balaban J connectivity index is 1.99. The van der Waals surface area contributed by atoms with Crippen LogP contribution in [0.15, 0.2) is 12.4 Å². The average molecular weight is 221 g/mol. The van der Waals surface area contributed by atoms with E-state index in [-0.39, 0.29) is 0 Å². The van der Waals surface area contributed by atoms with Gasteiger partial charge in [-0.1, -0.05) is 20.3 Å². The highest BCUT2D eigenvalue weighted by atomic mass is 15.2. The van der Waals surface area contributed by atoms with Crippen LogP contribution in [0.5, 0.6) is 0 Å². The number of hydrogen-bond donors (Lipinski definition) is 1. The molecule has 1 aliphatic carbocycles. The van der Waals surface area contributed by atoms with Gasteiger partial charge in [-0.3, -0.25) is 4.68 Å². The molecule has 16 heavy (non-hydrogen) atoms. The van der Waals surface area contributed by atoms with Gasteiger partial charge in [0.05, 0.1) is 6.20 Å². The van der Waals surface area contributed by atoms with Crippen molar-refractivity contribution < 1.29 is 0 Å². The second-order valence-electron chi connectivity index (χ2n) is 5.77. The molecule has 2 rings (SSSR count). The number of hydrogen-bond acceptors (Lipinski definition) is 2. The van der Waals surface area contributed by atoms with Crippen LogP contribution in [0.1, 0.15) is 51.6 Å². The molecule has 1 heterocycles. The molecular weight excluding hydrogens is 198 g/mol. The van der Waals surface area contributed by atoms with E-state index in [1.54, 1.807) is 0 Å². The van der Waals surface area contributed by atoms with Crippen LogP contribution in [-0.2, 0) is 7.05 Å². The van der Waals surface area contributed by atoms with Crippen LogP contribution >= 0.6 is 0 Å². The number of nitrogens with zero attached hydrogens (tertiary/aromatic N) is 2. The molecule has 3 heteroatoms. The minimum atomic E-state index is 0.399. The van der Waals surface area contributed by atoms with Crippen LogP contribution in [0, 0.1) is 5.41 Å². The standard InChI is InChI=1S/C13H23N3/c1-10(11-8-14-16(4)9-11)15-12-6-5-7-13(12,2)3/h8-10,12,15H,5-7H2,1-4H3. The fraction of sp³-hybridized carbons (Fsp3) is 0.769. The van der Waals surface area contributed by atoms with Crippen molar-refractivity contribution >= 4 is 0 Å². The maximum Gasteiger partial charge on any atom is 0.0537 e. The zero-order valence-electron chi connectivity index (χ0n) is 10.8. The summed E-state index contributed by atoms with van der Waals surface area (Å²) < 4.78 is 1.87. The summed E-state index contributed by atoms with van der Waals surface area (Å²) in [5, 5.41) is 7.97. The van der Waals surface area contributed by atoms with Crippen molar-refractivity contribution in [1.82, 2.24) is 15.1 Å². The zero-order valence-corrected chi connectivity index (χ0v) is 10.8. The van der Waals surface area contributed by atoms with Gasteiger partial charge < -0.3 is 5.32 Å². The third-order valence-corrected chi connectivity index (χ3v) is 3.93. The molecular formula is C13H23N3. The highest BCUT2D eigenvalue weighted by Gasteiger charge is 2.35. The molecule has 0 bridgehead atoms. The second-order valence-corrected chi connectivity index (χ2v) is 5.77. The number of aromatic nitrogens is 2. The summed E-state index contributed by atoms with van der Waals surface area (Å²) in [6, 6.07) is 1.04. The Bertz CT molecular complexity index is 354. The van der Waals surface area contributed by atoms with E-state index in [2.05, 4.69) is 37.4 Å². The Morgan fingerprint density at radius 1 is 1.56 bits per heavy atom. The number of rotatable bonds is 3. The van der Waals surface area contributed by atoms with Gasteiger partial charge in [0.2, 0.25) is 0 Å². The molecule has 3 nitrogen and oxygen atoms in total. The van der Waals surface area contributed by atoms with Crippen LogP contribution in [-0.4, -0.2) is 15.8 Å². The van der Waals surface area contributed by atoms with E-state index in [9.17, 15) is 0 Å². The summed E-state index contributed by atoms with van der Waals surface area (Å²) in [5.74, 6) is 0. The first kappa shape index (κ1) is 11.6. The van der Waals surface area contributed by atoms with Crippen molar-refractivity contribution in [2.45, 2.75) is 52.1 Å². The van der Waals surface area contributed by atoms with Crippen molar-refractivity contribution in [2.24, 2.45) is 12.5 Å². The van der Waals surface area contributed by atoms with Gasteiger partial charge in [0.1, 0.15) is 0 Å². The fourth-order valence-electron chi connectivity index (χ4n) is 2.70. The van der Waals surface area contributed by atoms with Crippen LogP contribution < -0.4 is 5.32 Å². The molecule has 2 unspecified atom stereocenters. The lowest BCUT2D eigenvalue weighted by Gasteiger charge is -2.30. The Labute approximate surface area is 98.2 Å². The Hall–Kier alpha value is -0.830. The molecule has 1 aliphatic rings. The highest BCUT2D eigenvalue weighted by Crippen LogP contribution is 2.38. The summed E-state index contributed by atoms with van der Waals surface area (Å²) in [7, 11) is 1.97. The van der Waals surface area contributed by atoms with Crippen molar-refractivity contribution in [3.05, 3.63) is 18.0 Å². The van der Waals surface area contributed by atoms with Crippen LogP contribution in [0.3, 0.4) is 0 Å². The van der Waals surface area contributed by atoms with Gasteiger partial charge in [0.25, 0.3) is 0 Å². The van der Waals surface area contributed by atoms with Crippen LogP contribution in [0.25, 0.3) is 0 Å². The van der Waals surface area contributed by atoms with Gasteiger partial charge in [0.15, 0.2) is 0 Å². The van der Waals surface area contributed by atoms with Crippen molar-refractivity contribution in [3.8, 4) is 0 Å². The third kappa shape index (κ3) is 2.29. The smallest absolute Gasteiger partial charge is 0.0537 e. The summed E-state index contributed by atoms with van der Waals surface area (Å²) in [5.41, 5.74) is 1.72. The Morgan fingerprint density at radius 3 is 2.81 bits per heavy atom. The number of aryl methyl sites for hydroxylation is 1. The normalized spacial score (nSPS) is 25.9. The van der Waals surface area contributed by atoms with Gasteiger partial charge in [-0.05, 0) is 25.2 Å². The van der Waals surface area contributed by atoms with Crippen molar-refractivity contribution in [2.75, 3.05) is 0 Å². The maximum absolute atomic E-state index is 4.23. The largest absolute Gasteiger partial charge is 0.307 e. The Kier molecular flexibility index (Phi) is 3.06. The highest BCUT2D eigenvalue weighted by molar-refractivity contribution is 5.10. The molecule has 1 fully saturated rings. The minimum Gasteiger partial charge on any atom is -0.307 e. The van der Waals surface area contributed by atoms with E-state index in [0.717, 1.165) is 0 Å². The lowest BCUT2D eigenvalue weighted by molar-refractivity contribution is 0.266. The summed E-state index contributed by atoms with van der Waals surface area (Å²) >= 11 is 0. The van der Waals surface area contributed by atoms with Gasteiger partial charge in [0, 0.05) is 30.9 Å². The first-order chi connectivity index (χ1) is 7.49. The molecule has 2 atom stereocenters. The lowest BCUT2D eigenvalue weighted by atomic mass is 9.87. The predicted octanol–water partition coefficient (Wildman–Crippen LogP) is 2.65. The number of nitrogens with one attached hydrogen (secondary N) is 1. The van der Waals surface area contributed by atoms with Gasteiger partial charge in [-0.15, -0.1) is 0 Å². The summed E-state index contributed by atoms with van der Waals surface area (Å²) in [6.07, 6.45) is 8.05. The van der Waals surface area contributed by atoms with E-state index in [4.69, 9.17) is 0 Å². The van der Waals surface area contributed by atoms with Crippen LogP contribution in [0.4, 0.5) is 0 Å². The molecule has 0 spiro atoms. The molecule has 0 aromatic carbocycles. The average Bonchev–Trinajstić information content (AvgIpc) is 2.74. The van der Waals surface area contributed by atoms with E-state index in [1.165, 1.54) is 24.8 Å². The summed E-state index contributed by atoms with van der Waals surface area (Å²) in [4.78, 5) is 0. The van der Waals surface area contributed by atoms with Crippen LogP contribution in [0.2, 0.25) is 0 Å². The van der Waals surface area contributed by atoms with E-state index in [1.807, 2.05) is 17.9 Å². The fourth-order valence-corrected chi connectivity index (χ4v) is 2.70. The molecule has 1 aromatic heterocycles. The molecule has 1 N–H and O–H groups in total. The first-order valence-corrected chi connectivity index (χ1v) is 6.23. The molecule has 0 aliphatic heterocycles. The molecule has 1 aromatic rings. The predicted molar refractivity (Wildman–Crippen MR) is 66.2 cm³/mol. The molecule has 0 amide bonds. The quantitative estimate of drug-likeness (QED) is 0.850. The Morgan fingerprint density at radius 2 is 2.31 bits per heavy atom. The molecule has 0 saturated heterocycles. The topological polar surface area (TPSA) is 29.9 Å². The van der Waals surface area contributed by atoms with Gasteiger partial charge >= 0.3 is 0 Å². The summed E-state index contributed by atoms with van der Waals surface area (Å²) in [6.45, 7) is 6.96. The minimum absolute atomic E-state index is 0.399. The van der Waals surface area contributed by atoms with E-state index in [0.29, 0.717) is 17.5 Å². The molecule has 90 valence electrons. The molecule has 0 radical (unpaired) electrons.